The Balaban J connectivity index is 0.000000536. The van der Waals surface area contributed by atoms with Gasteiger partial charge in [-0.25, -0.2) is 0 Å². The molecule has 0 radical (unpaired) electrons. The predicted molar refractivity (Wildman–Crippen MR) is 117 cm³/mol. The average molecular weight is 339 g/mol. The molecule has 0 aliphatic rings. The molecule has 2 aromatic rings. The number of unbranched alkanes of at least 4 members (excludes halogenated alkanes) is 3. The predicted octanol–water partition coefficient (Wildman–Crippen LogP) is 8.70. The summed E-state index contributed by atoms with van der Waals surface area (Å²) in [4.78, 5) is 0. The van der Waals surface area contributed by atoms with Crippen LogP contribution >= 0.6 is 0 Å². The van der Waals surface area contributed by atoms with E-state index in [4.69, 9.17) is 0 Å². The fraction of sp³-hybridized carbons (Fsp3) is 0.440. The molecule has 0 saturated carbocycles. The molecule has 0 bridgehead atoms. The second kappa shape index (κ2) is 14.5. The molecule has 0 aliphatic carbocycles. The van der Waals surface area contributed by atoms with Crippen LogP contribution < -0.4 is 0 Å². The molecule has 0 heteroatoms. The standard InChI is InChI=1S/C16H16.C5H12.C4H10/c1-12(2)14-8-10-16(11-9-14)15-6-4-13(3)5-7-15;1-3-5-4-2;1-3-4-2/h4-11H,1H2,2-3H3;3-5H2,1-2H3;3-4H2,1-2H3. The van der Waals surface area contributed by atoms with Crippen molar-refractivity contribution < 1.29 is 0 Å². The van der Waals surface area contributed by atoms with Crippen LogP contribution in [0.25, 0.3) is 16.7 Å². The summed E-state index contributed by atoms with van der Waals surface area (Å²) in [5.41, 5.74) is 6.12. The number of hydrogen-bond donors (Lipinski definition) is 0. The van der Waals surface area contributed by atoms with Gasteiger partial charge < -0.3 is 0 Å². The highest BCUT2D eigenvalue weighted by Gasteiger charge is 1.98. The van der Waals surface area contributed by atoms with Crippen LogP contribution in [0.4, 0.5) is 0 Å². The van der Waals surface area contributed by atoms with Gasteiger partial charge in [-0.15, -0.1) is 0 Å². The third kappa shape index (κ3) is 10.6. The molecule has 0 fully saturated rings. The third-order valence-corrected chi connectivity index (χ3v) is 3.97. The Kier molecular flexibility index (Phi) is 13.5. The quantitative estimate of drug-likeness (QED) is 0.511. The van der Waals surface area contributed by atoms with E-state index in [0.717, 1.165) is 5.57 Å². The smallest absolute Gasteiger partial charge is 0.0184 e. The van der Waals surface area contributed by atoms with Gasteiger partial charge >= 0.3 is 0 Å². The lowest BCUT2D eigenvalue weighted by molar-refractivity contribution is 0.772. The Morgan fingerprint density at radius 3 is 1.36 bits per heavy atom. The molecule has 0 spiro atoms. The number of aryl methyl sites for hydroxylation is 1. The average Bonchev–Trinajstić information content (AvgIpc) is 2.64. The fourth-order valence-corrected chi connectivity index (χ4v) is 2.05. The molecule has 2 aromatic carbocycles. The first kappa shape index (κ1) is 23.2. The molecule has 0 N–H and O–H groups in total. The van der Waals surface area contributed by atoms with Crippen LogP contribution in [0.15, 0.2) is 55.1 Å². The lowest BCUT2D eigenvalue weighted by Crippen LogP contribution is -1.81. The summed E-state index contributed by atoms with van der Waals surface area (Å²) >= 11 is 0. The first-order valence-electron chi connectivity index (χ1n) is 9.82. The fourth-order valence-electron chi connectivity index (χ4n) is 2.05. The van der Waals surface area contributed by atoms with Gasteiger partial charge in [0.15, 0.2) is 0 Å². The second-order valence-electron chi connectivity index (χ2n) is 6.58. The van der Waals surface area contributed by atoms with Crippen LogP contribution in [0, 0.1) is 6.92 Å². The maximum absolute atomic E-state index is 3.94. The van der Waals surface area contributed by atoms with Gasteiger partial charge in [0.05, 0.1) is 0 Å². The highest BCUT2D eigenvalue weighted by molar-refractivity contribution is 5.68. The van der Waals surface area contributed by atoms with E-state index in [0.29, 0.717) is 0 Å². The van der Waals surface area contributed by atoms with E-state index in [9.17, 15) is 0 Å². The van der Waals surface area contributed by atoms with Crippen molar-refractivity contribution in [3.63, 3.8) is 0 Å². The van der Waals surface area contributed by atoms with Crippen molar-refractivity contribution >= 4 is 5.57 Å². The topological polar surface area (TPSA) is 0 Å². The van der Waals surface area contributed by atoms with E-state index in [1.54, 1.807) is 0 Å². The molecule has 0 aromatic heterocycles. The van der Waals surface area contributed by atoms with Crippen molar-refractivity contribution in [3.05, 3.63) is 66.2 Å². The summed E-state index contributed by atoms with van der Waals surface area (Å²) in [5, 5.41) is 0. The minimum Gasteiger partial charge on any atom is -0.0955 e. The molecular formula is C25H38. The molecule has 25 heavy (non-hydrogen) atoms. The molecule has 0 saturated heterocycles. The van der Waals surface area contributed by atoms with Crippen molar-refractivity contribution in [2.24, 2.45) is 0 Å². The second-order valence-corrected chi connectivity index (χ2v) is 6.58. The van der Waals surface area contributed by atoms with E-state index >= 15 is 0 Å². The minimum atomic E-state index is 1.11. The van der Waals surface area contributed by atoms with E-state index < -0.39 is 0 Å². The summed E-state index contributed by atoms with van der Waals surface area (Å²) in [6, 6.07) is 17.1. The van der Waals surface area contributed by atoms with Crippen LogP contribution in [0.3, 0.4) is 0 Å². The van der Waals surface area contributed by atoms with Gasteiger partial charge in [-0.3, -0.25) is 0 Å². The Bertz CT molecular complexity index is 554. The number of hydrogen-bond acceptors (Lipinski definition) is 0. The first-order valence-corrected chi connectivity index (χ1v) is 9.82. The zero-order chi connectivity index (χ0) is 19.1. The summed E-state index contributed by atoms with van der Waals surface area (Å²) in [7, 11) is 0. The summed E-state index contributed by atoms with van der Waals surface area (Å²) in [6.45, 7) is 16.9. The first-order chi connectivity index (χ1) is 12.0. The van der Waals surface area contributed by atoms with Gasteiger partial charge in [0.2, 0.25) is 0 Å². The van der Waals surface area contributed by atoms with Crippen molar-refractivity contribution in [1.82, 2.24) is 0 Å². The highest BCUT2D eigenvalue weighted by atomic mass is 14.0. The molecule has 138 valence electrons. The van der Waals surface area contributed by atoms with Crippen molar-refractivity contribution in [3.8, 4) is 11.1 Å². The number of benzene rings is 2. The SMILES string of the molecule is C=C(C)c1ccc(-c2ccc(C)cc2)cc1.CCCC.CCCCC. The van der Waals surface area contributed by atoms with Crippen molar-refractivity contribution in [2.75, 3.05) is 0 Å². The molecule has 0 unspecified atom stereocenters. The van der Waals surface area contributed by atoms with Crippen LogP contribution in [0.5, 0.6) is 0 Å². The Hall–Kier alpha value is -1.82. The minimum absolute atomic E-state index is 1.11. The van der Waals surface area contributed by atoms with Gasteiger partial charge in [-0.1, -0.05) is 126 Å². The molecule has 0 heterocycles. The van der Waals surface area contributed by atoms with E-state index in [1.807, 2.05) is 6.92 Å². The molecule has 0 amide bonds. The Labute approximate surface area is 157 Å². The van der Waals surface area contributed by atoms with Crippen LogP contribution in [0.1, 0.15) is 77.8 Å². The lowest BCUT2D eigenvalue weighted by Gasteiger charge is -2.04. The molecule has 0 atom stereocenters. The normalized spacial score (nSPS) is 9.36. The maximum Gasteiger partial charge on any atom is -0.0184 e. The van der Waals surface area contributed by atoms with E-state index in [2.05, 4.69) is 89.7 Å². The van der Waals surface area contributed by atoms with E-state index in [1.165, 1.54) is 54.4 Å². The molecule has 2 rings (SSSR count). The highest BCUT2D eigenvalue weighted by Crippen LogP contribution is 2.22. The molecule has 0 nitrogen and oxygen atoms in total. The molecule has 0 aliphatic heterocycles. The third-order valence-electron chi connectivity index (χ3n) is 3.97. The monoisotopic (exact) mass is 338 g/mol. The number of rotatable bonds is 5. The van der Waals surface area contributed by atoms with E-state index in [-0.39, 0.29) is 0 Å². The summed E-state index contributed by atoms with van der Waals surface area (Å²) in [5.74, 6) is 0. The van der Waals surface area contributed by atoms with Gasteiger partial charge in [-0.2, -0.15) is 0 Å². The van der Waals surface area contributed by atoms with Gasteiger partial charge in [-0.05, 0) is 30.5 Å². The van der Waals surface area contributed by atoms with Crippen LogP contribution in [-0.4, -0.2) is 0 Å². The largest absolute Gasteiger partial charge is 0.0955 e. The van der Waals surface area contributed by atoms with Crippen molar-refractivity contribution in [2.45, 2.75) is 73.6 Å². The van der Waals surface area contributed by atoms with Crippen LogP contribution in [-0.2, 0) is 0 Å². The van der Waals surface area contributed by atoms with Gasteiger partial charge in [0, 0.05) is 0 Å². The molecular weight excluding hydrogens is 300 g/mol. The van der Waals surface area contributed by atoms with Gasteiger partial charge in [0.1, 0.15) is 0 Å². The zero-order valence-electron chi connectivity index (χ0n) is 17.4. The van der Waals surface area contributed by atoms with Gasteiger partial charge in [0.25, 0.3) is 0 Å². The lowest BCUT2D eigenvalue weighted by atomic mass is 10.0. The number of allylic oxidation sites excluding steroid dienone is 1. The summed E-state index contributed by atoms with van der Waals surface area (Å²) in [6.07, 6.45) is 6.72. The summed E-state index contributed by atoms with van der Waals surface area (Å²) < 4.78 is 0. The zero-order valence-corrected chi connectivity index (χ0v) is 17.4. The van der Waals surface area contributed by atoms with Crippen molar-refractivity contribution in [1.29, 1.82) is 0 Å². The Morgan fingerprint density at radius 2 is 1.08 bits per heavy atom. The van der Waals surface area contributed by atoms with Crippen LogP contribution in [0.2, 0.25) is 0 Å². The maximum atomic E-state index is 3.94. The Morgan fingerprint density at radius 1 is 0.680 bits per heavy atom.